The molecule has 122 valence electrons. The molecule has 2 aliphatic rings. The highest BCUT2D eigenvalue weighted by atomic mass is 32.2. The van der Waals surface area contributed by atoms with Crippen LogP contribution in [0.5, 0.6) is 0 Å². The maximum absolute atomic E-state index is 12.8. The van der Waals surface area contributed by atoms with Crippen molar-refractivity contribution in [3.63, 3.8) is 0 Å². The Morgan fingerprint density at radius 2 is 1.45 bits per heavy atom. The first-order valence-electron chi connectivity index (χ1n) is 8.24. The Kier molecular flexibility index (Phi) is 4.59. The summed E-state index contributed by atoms with van der Waals surface area (Å²) < 4.78 is 27.2. The molecule has 0 saturated carbocycles. The molecule has 0 spiro atoms. The zero-order valence-corrected chi connectivity index (χ0v) is 13.8. The first-order chi connectivity index (χ1) is 10.6. The van der Waals surface area contributed by atoms with E-state index in [0.717, 1.165) is 44.5 Å². The molecule has 0 unspecified atom stereocenters. The normalized spacial score (nSPS) is 21.0. The zero-order chi connectivity index (χ0) is 15.6. The van der Waals surface area contributed by atoms with Crippen molar-refractivity contribution < 1.29 is 8.42 Å². The predicted octanol–water partition coefficient (Wildman–Crippen LogP) is 2.43. The molecule has 2 fully saturated rings. The summed E-state index contributed by atoms with van der Waals surface area (Å²) in [6, 6.07) is 5.21. The van der Waals surface area contributed by atoms with Crippen molar-refractivity contribution in [2.45, 2.75) is 43.4 Å². The van der Waals surface area contributed by atoms with Crippen LogP contribution in [0.3, 0.4) is 0 Å². The Hall–Kier alpha value is -1.27. The van der Waals surface area contributed by atoms with Gasteiger partial charge in [0.25, 0.3) is 0 Å². The fourth-order valence-electron chi connectivity index (χ4n) is 3.37. The number of nitrogens with two attached hydrogens (primary N) is 1. The number of nitrogen functional groups attached to an aromatic ring is 1. The lowest BCUT2D eigenvalue weighted by Crippen LogP contribution is -2.32. The molecule has 0 radical (unpaired) electrons. The molecule has 0 bridgehead atoms. The van der Waals surface area contributed by atoms with Crippen LogP contribution in [0.1, 0.15) is 38.5 Å². The molecular weight excluding hydrogens is 298 g/mol. The van der Waals surface area contributed by atoms with Gasteiger partial charge >= 0.3 is 0 Å². The van der Waals surface area contributed by atoms with Crippen LogP contribution >= 0.6 is 0 Å². The molecule has 0 aromatic heterocycles. The van der Waals surface area contributed by atoms with Gasteiger partial charge in [-0.25, -0.2) is 8.42 Å². The summed E-state index contributed by atoms with van der Waals surface area (Å²) in [5.41, 5.74) is 7.67. The second kappa shape index (κ2) is 6.46. The SMILES string of the molecule is Nc1cc(S(=O)(=O)N2CCCCCC2)ccc1N1CCCC1. The Morgan fingerprint density at radius 3 is 2.05 bits per heavy atom. The van der Waals surface area contributed by atoms with Crippen LogP contribution < -0.4 is 10.6 Å². The molecule has 0 aliphatic carbocycles. The van der Waals surface area contributed by atoms with E-state index in [9.17, 15) is 8.42 Å². The van der Waals surface area contributed by atoms with Crippen LogP contribution in [0.2, 0.25) is 0 Å². The molecule has 6 heteroatoms. The highest BCUT2D eigenvalue weighted by Crippen LogP contribution is 2.30. The fourth-order valence-corrected chi connectivity index (χ4v) is 4.92. The van der Waals surface area contributed by atoms with Gasteiger partial charge in [-0.15, -0.1) is 0 Å². The predicted molar refractivity (Wildman–Crippen MR) is 89.5 cm³/mol. The summed E-state index contributed by atoms with van der Waals surface area (Å²) in [6.07, 6.45) is 6.46. The minimum absolute atomic E-state index is 0.329. The van der Waals surface area contributed by atoms with Crippen molar-refractivity contribution in [1.82, 2.24) is 4.31 Å². The van der Waals surface area contributed by atoms with Gasteiger partial charge in [0.15, 0.2) is 0 Å². The largest absolute Gasteiger partial charge is 0.397 e. The van der Waals surface area contributed by atoms with Crippen molar-refractivity contribution in [3.8, 4) is 0 Å². The first kappa shape index (κ1) is 15.6. The number of hydrogen-bond donors (Lipinski definition) is 1. The van der Waals surface area contributed by atoms with Crippen molar-refractivity contribution in [3.05, 3.63) is 18.2 Å². The maximum atomic E-state index is 12.8. The highest BCUT2D eigenvalue weighted by Gasteiger charge is 2.26. The summed E-state index contributed by atoms with van der Waals surface area (Å²) in [5, 5.41) is 0. The molecule has 1 aromatic rings. The van der Waals surface area contributed by atoms with Gasteiger partial charge < -0.3 is 10.6 Å². The lowest BCUT2D eigenvalue weighted by Gasteiger charge is -2.23. The van der Waals surface area contributed by atoms with Gasteiger partial charge in [0.1, 0.15) is 0 Å². The average molecular weight is 323 g/mol. The molecule has 2 heterocycles. The Balaban J connectivity index is 1.85. The van der Waals surface area contributed by atoms with E-state index < -0.39 is 10.0 Å². The summed E-state index contributed by atoms with van der Waals surface area (Å²) >= 11 is 0. The van der Waals surface area contributed by atoms with Crippen LogP contribution in [0.15, 0.2) is 23.1 Å². The third-order valence-electron chi connectivity index (χ3n) is 4.65. The molecule has 0 atom stereocenters. The van der Waals surface area contributed by atoms with E-state index in [1.165, 1.54) is 12.8 Å². The number of anilines is 2. The summed E-state index contributed by atoms with van der Waals surface area (Å²) in [6.45, 7) is 3.25. The number of hydrogen-bond acceptors (Lipinski definition) is 4. The molecule has 3 rings (SSSR count). The first-order valence-corrected chi connectivity index (χ1v) is 9.68. The quantitative estimate of drug-likeness (QED) is 0.868. The monoisotopic (exact) mass is 323 g/mol. The number of nitrogens with zero attached hydrogens (tertiary/aromatic N) is 2. The van der Waals surface area contributed by atoms with Gasteiger partial charge in [-0.05, 0) is 43.9 Å². The zero-order valence-electron chi connectivity index (χ0n) is 13.0. The van der Waals surface area contributed by atoms with Gasteiger partial charge in [0.2, 0.25) is 10.0 Å². The standard InChI is InChI=1S/C16H25N3O2S/c17-15-13-14(7-8-16(15)18-9-5-6-10-18)22(20,21)19-11-3-1-2-4-12-19/h7-8,13H,1-6,9-12,17H2. The second-order valence-corrected chi connectivity index (χ2v) is 8.17. The van der Waals surface area contributed by atoms with E-state index in [-0.39, 0.29) is 0 Å². The number of benzene rings is 1. The highest BCUT2D eigenvalue weighted by molar-refractivity contribution is 7.89. The van der Waals surface area contributed by atoms with E-state index in [2.05, 4.69) is 4.90 Å². The lowest BCUT2D eigenvalue weighted by atomic mass is 10.2. The van der Waals surface area contributed by atoms with Crippen molar-refractivity contribution in [1.29, 1.82) is 0 Å². The molecule has 2 N–H and O–H groups in total. The van der Waals surface area contributed by atoms with Gasteiger partial charge in [-0.3, -0.25) is 0 Å². The van der Waals surface area contributed by atoms with Crippen LogP contribution in [0.25, 0.3) is 0 Å². The van der Waals surface area contributed by atoms with E-state index >= 15 is 0 Å². The van der Waals surface area contributed by atoms with E-state index in [1.807, 2.05) is 6.07 Å². The average Bonchev–Trinajstić information content (AvgIpc) is 2.88. The van der Waals surface area contributed by atoms with E-state index in [0.29, 0.717) is 23.7 Å². The van der Waals surface area contributed by atoms with Crippen molar-refractivity contribution in [2.24, 2.45) is 0 Å². The van der Waals surface area contributed by atoms with Crippen LogP contribution in [-0.2, 0) is 10.0 Å². The lowest BCUT2D eigenvalue weighted by molar-refractivity contribution is 0.424. The van der Waals surface area contributed by atoms with E-state index in [1.54, 1.807) is 16.4 Å². The summed E-state index contributed by atoms with van der Waals surface area (Å²) in [7, 11) is -3.41. The minimum Gasteiger partial charge on any atom is -0.397 e. The van der Waals surface area contributed by atoms with Crippen molar-refractivity contribution >= 4 is 21.4 Å². The number of sulfonamides is 1. The maximum Gasteiger partial charge on any atom is 0.243 e. The summed E-state index contributed by atoms with van der Waals surface area (Å²) in [5.74, 6) is 0. The molecular formula is C16H25N3O2S. The molecule has 0 amide bonds. The van der Waals surface area contributed by atoms with Crippen LogP contribution in [0.4, 0.5) is 11.4 Å². The second-order valence-electron chi connectivity index (χ2n) is 6.23. The Bertz CT molecular complexity index is 616. The van der Waals surface area contributed by atoms with Gasteiger partial charge in [-0.2, -0.15) is 4.31 Å². The van der Waals surface area contributed by atoms with Gasteiger partial charge in [-0.1, -0.05) is 12.8 Å². The van der Waals surface area contributed by atoms with E-state index in [4.69, 9.17) is 5.73 Å². The third-order valence-corrected chi connectivity index (χ3v) is 6.54. The van der Waals surface area contributed by atoms with Crippen molar-refractivity contribution in [2.75, 3.05) is 36.8 Å². The summed E-state index contributed by atoms with van der Waals surface area (Å²) in [4.78, 5) is 2.56. The molecule has 2 aliphatic heterocycles. The molecule has 1 aromatic carbocycles. The van der Waals surface area contributed by atoms with Crippen LogP contribution in [-0.4, -0.2) is 38.9 Å². The van der Waals surface area contributed by atoms with Gasteiger partial charge in [0.05, 0.1) is 16.3 Å². The fraction of sp³-hybridized carbons (Fsp3) is 0.625. The molecule has 22 heavy (non-hydrogen) atoms. The molecule has 5 nitrogen and oxygen atoms in total. The number of rotatable bonds is 3. The van der Waals surface area contributed by atoms with Crippen LogP contribution in [0, 0.1) is 0 Å². The smallest absolute Gasteiger partial charge is 0.243 e. The topological polar surface area (TPSA) is 66.6 Å². The Morgan fingerprint density at radius 1 is 0.864 bits per heavy atom. The van der Waals surface area contributed by atoms with Gasteiger partial charge in [0, 0.05) is 26.2 Å². The Labute approximate surface area is 133 Å². The minimum atomic E-state index is -3.41. The molecule has 2 saturated heterocycles. The third kappa shape index (κ3) is 3.08.